The quantitative estimate of drug-likeness (QED) is 0.733. The van der Waals surface area contributed by atoms with Gasteiger partial charge in [0, 0.05) is 0 Å². The second-order valence-corrected chi connectivity index (χ2v) is 5.64. The van der Waals surface area contributed by atoms with Crippen LogP contribution in [0, 0.1) is 6.92 Å². The fourth-order valence-corrected chi connectivity index (χ4v) is 3.07. The zero-order chi connectivity index (χ0) is 14.1. The van der Waals surface area contributed by atoms with Crippen molar-refractivity contribution in [1.29, 1.82) is 0 Å². The van der Waals surface area contributed by atoms with Gasteiger partial charge in [0.15, 0.2) is 0 Å². The molecule has 1 aromatic rings. The van der Waals surface area contributed by atoms with Gasteiger partial charge in [-0.1, -0.05) is 37.6 Å². The molecule has 1 aliphatic heterocycles. The summed E-state index contributed by atoms with van der Waals surface area (Å²) in [5.74, 6) is 0. The molecule has 102 valence electrons. The van der Waals surface area contributed by atoms with Crippen LogP contribution in [0.3, 0.4) is 0 Å². The van der Waals surface area contributed by atoms with Gasteiger partial charge in [0.25, 0.3) is 0 Å². The number of fused-ring (bicyclic) bond motifs is 1. The van der Waals surface area contributed by atoms with Crippen molar-refractivity contribution >= 4 is 0 Å². The van der Waals surface area contributed by atoms with Gasteiger partial charge in [0.1, 0.15) is 0 Å². The van der Waals surface area contributed by atoms with E-state index in [0.717, 1.165) is 0 Å². The van der Waals surface area contributed by atoms with Crippen molar-refractivity contribution < 1.29 is 4.84 Å². The monoisotopic (exact) mass is 249 g/mol. The third-order valence-electron chi connectivity index (χ3n) is 3.69. The van der Waals surface area contributed by atoms with Crippen molar-refractivity contribution in [2.75, 3.05) is 7.11 Å². The van der Waals surface area contributed by atoms with Crippen molar-refractivity contribution in [2.24, 2.45) is 0 Å². The van der Waals surface area contributed by atoms with Crippen molar-refractivity contribution in [2.45, 2.75) is 59.5 Å². The van der Waals surface area contributed by atoms with Gasteiger partial charge >= 0.3 is 0 Å². The van der Waals surface area contributed by atoms with E-state index in [9.17, 15) is 0 Å². The Morgan fingerprint density at radius 3 is 1.94 bits per heavy atom. The van der Waals surface area contributed by atoms with Crippen LogP contribution in [0.5, 0.6) is 0 Å². The van der Waals surface area contributed by atoms with Crippen LogP contribution in [0.2, 0.25) is 0 Å². The summed E-state index contributed by atoms with van der Waals surface area (Å²) in [5.41, 5.74) is 3.91. The number of hydrogen-bond acceptors (Lipinski definition) is 2. The maximum atomic E-state index is 5.60. The zero-order valence-electron chi connectivity index (χ0n) is 13.1. The molecule has 0 spiro atoms. The highest BCUT2D eigenvalue weighted by Gasteiger charge is 2.49. The Kier molecular flexibility index (Phi) is 4.24. The average molecular weight is 249 g/mol. The molecule has 2 rings (SSSR count). The van der Waals surface area contributed by atoms with Crippen molar-refractivity contribution in [3.8, 4) is 0 Å². The number of hydrogen-bond donors (Lipinski definition) is 0. The van der Waals surface area contributed by atoms with Gasteiger partial charge in [0.05, 0.1) is 18.2 Å². The molecule has 0 fully saturated rings. The number of rotatable bonds is 1. The second kappa shape index (κ2) is 5.02. The highest BCUT2D eigenvalue weighted by atomic mass is 16.7. The van der Waals surface area contributed by atoms with Crippen molar-refractivity contribution in [3.05, 3.63) is 34.9 Å². The molecule has 0 amide bonds. The lowest BCUT2D eigenvalue weighted by Gasteiger charge is -2.38. The first-order valence-corrected chi connectivity index (χ1v) is 6.78. The maximum Gasteiger partial charge on any atom is 0.0668 e. The number of aryl methyl sites for hydroxylation is 1. The summed E-state index contributed by atoms with van der Waals surface area (Å²) in [6, 6.07) is 6.68. The van der Waals surface area contributed by atoms with Crippen molar-refractivity contribution in [1.82, 2.24) is 5.06 Å². The number of hydroxylamine groups is 2. The van der Waals surface area contributed by atoms with E-state index in [-0.39, 0.29) is 11.1 Å². The minimum Gasteiger partial charge on any atom is -0.301 e. The first-order valence-electron chi connectivity index (χ1n) is 6.78. The molecule has 2 nitrogen and oxygen atoms in total. The van der Waals surface area contributed by atoms with E-state index < -0.39 is 0 Å². The van der Waals surface area contributed by atoms with Gasteiger partial charge in [0.2, 0.25) is 0 Å². The standard InChI is InChI=1S/C14H21NO.C2H6/c1-10-7-8-11-12(9-10)14(4,5)15(16-6)13(11,2)3;1-2/h7-9H,1-6H3;1-2H3. The summed E-state index contributed by atoms with van der Waals surface area (Å²) >= 11 is 0. The summed E-state index contributed by atoms with van der Waals surface area (Å²) in [6.07, 6.45) is 0. The van der Waals surface area contributed by atoms with Gasteiger partial charge in [-0.25, -0.2) is 0 Å². The molecule has 0 aromatic heterocycles. The molecule has 0 bridgehead atoms. The molecule has 0 saturated heterocycles. The minimum absolute atomic E-state index is 0.0682. The molecule has 1 heterocycles. The van der Waals surface area contributed by atoms with Crippen LogP contribution in [-0.4, -0.2) is 12.2 Å². The second-order valence-electron chi connectivity index (χ2n) is 5.64. The Morgan fingerprint density at radius 1 is 0.944 bits per heavy atom. The third-order valence-corrected chi connectivity index (χ3v) is 3.69. The van der Waals surface area contributed by atoms with Crippen LogP contribution in [0.15, 0.2) is 18.2 Å². The molecule has 0 radical (unpaired) electrons. The van der Waals surface area contributed by atoms with E-state index >= 15 is 0 Å². The highest BCUT2D eigenvalue weighted by molar-refractivity contribution is 5.44. The zero-order valence-corrected chi connectivity index (χ0v) is 13.1. The largest absolute Gasteiger partial charge is 0.301 e. The SMILES string of the molecule is CC.CON1C(C)(C)c2ccc(C)cc2C1(C)C. The van der Waals surface area contributed by atoms with Crippen LogP contribution in [0.25, 0.3) is 0 Å². The average Bonchev–Trinajstić information content (AvgIpc) is 2.45. The van der Waals surface area contributed by atoms with Crippen molar-refractivity contribution in [3.63, 3.8) is 0 Å². The summed E-state index contributed by atoms with van der Waals surface area (Å²) in [4.78, 5) is 5.60. The van der Waals surface area contributed by atoms with Crippen LogP contribution in [-0.2, 0) is 15.9 Å². The highest BCUT2D eigenvalue weighted by Crippen LogP contribution is 2.49. The van der Waals surface area contributed by atoms with E-state index in [1.165, 1.54) is 16.7 Å². The predicted molar refractivity (Wildman–Crippen MR) is 77.4 cm³/mol. The van der Waals surface area contributed by atoms with Crippen LogP contribution < -0.4 is 0 Å². The topological polar surface area (TPSA) is 12.5 Å². The first-order chi connectivity index (χ1) is 8.31. The Balaban J connectivity index is 0.000000771. The predicted octanol–water partition coefficient (Wildman–Crippen LogP) is 4.37. The molecular formula is C16H27NO. The maximum absolute atomic E-state index is 5.60. The van der Waals surface area contributed by atoms with E-state index in [1.54, 1.807) is 7.11 Å². The Morgan fingerprint density at radius 2 is 1.44 bits per heavy atom. The summed E-state index contributed by atoms with van der Waals surface area (Å²) < 4.78 is 0. The number of benzene rings is 1. The molecule has 0 aliphatic carbocycles. The number of nitrogens with zero attached hydrogens (tertiary/aromatic N) is 1. The van der Waals surface area contributed by atoms with Gasteiger partial charge in [-0.15, -0.1) is 0 Å². The molecule has 0 atom stereocenters. The Bertz CT molecular complexity index is 421. The van der Waals surface area contributed by atoms with Gasteiger partial charge in [-0.05, 0) is 45.7 Å². The Labute approximate surface area is 112 Å². The van der Waals surface area contributed by atoms with Crippen LogP contribution in [0.4, 0.5) is 0 Å². The summed E-state index contributed by atoms with van der Waals surface area (Å²) in [7, 11) is 1.75. The molecule has 0 saturated carbocycles. The fraction of sp³-hybridized carbons (Fsp3) is 0.625. The van der Waals surface area contributed by atoms with E-state index in [0.29, 0.717) is 0 Å². The van der Waals surface area contributed by atoms with Gasteiger partial charge in [-0.3, -0.25) is 0 Å². The molecule has 1 aromatic carbocycles. The van der Waals surface area contributed by atoms with E-state index in [1.807, 2.05) is 13.8 Å². The minimum atomic E-state index is -0.0698. The molecule has 2 heteroatoms. The van der Waals surface area contributed by atoms with Crippen LogP contribution in [0.1, 0.15) is 58.2 Å². The molecule has 0 N–H and O–H groups in total. The molecule has 18 heavy (non-hydrogen) atoms. The molecule has 0 unspecified atom stereocenters. The summed E-state index contributed by atoms with van der Waals surface area (Å²) in [6.45, 7) is 15.0. The normalized spacial score (nSPS) is 20.0. The smallest absolute Gasteiger partial charge is 0.0668 e. The van der Waals surface area contributed by atoms with E-state index in [2.05, 4.69) is 57.9 Å². The Hall–Kier alpha value is -0.860. The fourth-order valence-electron chi connectivity index (χ4n) is 3.07. The van der Waals surface area contributed by atoms with Crippen LogP contribution >= 0.6 is 0 Å². The lowest BCUT2D eigenvalue weighted by atomic mass is 9.89. The lowest BCUT2D eigenvalue weighted by Crippen LogP contribution is -2.44. The van der Waals surface area contributed by atoms with Gasteiger partial charge < -0.3 is 4.84 Å². The first kappa shape index (κ1) is 15.2. The third kappa shape index (κ3) is 2.08. The molecular weight excluding hydrogens is 222 g/mol. The van der Waals surface area contributed by atoms with E-state index in [4.69, 9.17) is 4.84 Å². The van der Waals surface area contributed by atoms with Gasteiger partial charge in [-0.2, -0.15) is 5.06 Å². The molecule has 1 aliphatic rings. The lowest BCUT2D eigenvalue weighted by molar-refractivity contribution is -0.241. The summed E-state index contributed by atoms with van der Waals surface area (Å²) in [5, 5.41) is 2.09.